The summed E-state index contributed by atoms with van der Waals surface area (Å²) in [6.07, 6.45) is -1.38. The Bertz CT molecular complexity index is 479. The van der Waals surface area contributed by atoms with Crippen molar-refractivity contribution in [2.75, 3.05) is 0 Å². The van der Waals surface area contributed by atoms with Crippen LogP contribution < -0.4 is 5.32 Å². The molecule has 0 spiro atoms. The number of halogens is 4. The SMILES string of the molecule is CC1(C)CCCC1NCc1ccc(F)c(C(F)(F)F)c1. The van der Waals surface area contributed by atoms with Gasteiger partial charge in [0.2, 0.25) is 0 Å². The molecule has 0 bridgehead atoms. The molecule has 0 heterocycles. The lowest BCUT2D eigenvalue weighted by Gasteiger charge is -2.28. The molecular formula is C15H19F4N. The van der Waals surface area contributed by atoms with E-state index in [2.05, 4.69) is 19.2 Å². The van der Waals surface area contributed by atoms with E-state index in [1.165, 1.54) is 6.07 Å². The Kier molecular flexibility index (Phi) is 4.09. The first-order valence-electron chi connectivity index (χ1n) is 6.79. The average Bonchev–Trinajstić information content (AvgIpc) is 2.66. The Morgan fingerprint density at radius 3 is 2.55 bits per heavy atom. The fraction of sp³-hybridized carbons (Fsp3) is 0.600. The highest BCUT2D eigenvalue weighted by Gasteiger charge is 2.35. The summed E-state index contributed by atoms with van der Waals surface area (Å²) in [6.45, 7) is 4.64. The van der Waals surface area contributed by atoms with Crippen LogP contribution in [0.2, 0.25) is 0 Å². The second-order valence-corrected chi connectivity index (χ2v) is 6.13. The Labute approximate surface area is 116 Å². The van der Waals surface area contributed by atoms with Crippen LogP contribution in [0.4, 0.5) is 17.6 Å². The maximum Gasteiger partial charge on any atom is 0.419 e. The quantitative estimate of drug-likeness (QED) is 0.807. The number of rotatable bonds is 3. The van der Waals surface area contributed by atoms with Crippen LogP contribution in [0.5, 0.6) is 0 Å². The molecule has 5 heteroatoms. The molecule has 1 fully saturated rings. The van der Waals surface area contributed by atoms with Crippen molar-refractivity contribution >= 4 is 0 Å². The number of hydrogen-bond acceptors (Lipinski definition) is 1. The van der Waals surface area contributed by atoms with Crippen LogP contribution in [0, 0.1) is 11.2 Å². The van der Waals surface area contributed by atoms with Gasteiger partial charge in [0.15, 0.2) is 0 Å². The van der Waals surface area contributed by atoms with Crippen LogP contribution in [-0.4, -0.2) is 6.04 Å². The fourth-order valence-electron chi connectivity index (χ4n) is 2.85. The maximum absolute atomic E-state index is 13.2. The molecule has 0 amide bonds. The Balaban J connectivity index is 2.07. The normalized spacial score (nSPS) is 22.2. The highest BCUT2D eigenvalue weighted by Crippen LogP contribution is 2.37. The molecule has 1 aromatic carbocycles. The predicted octanol–water partition coefficient (Wildman–Crippen LogP) is 4.51. The van der Waals surface area contributed by atoms with E-state index in [1.807, 2.05) is 0 Å². The molecular weight excluding hydrogens is 270 g/mol. The largest absolute Gasteiger partial charge is 0.419 e. The van der Waals surface area contributed by atoms with Crippen molar-refractivity contribution in [3.63, 3.8) is 0 Å². The second-order valence-electron chi connectivity index (χ2n) is 6.13. The molecule has 1 aliphatic rings. The zero-order chi connectivity index (χ0) is 15.0. The molecule has 1 aromatic rings. The van der Waals surface area contributed by atoms with Crippen LogP contribution >= 0.6 is 0 Å². The molecule has 0 radical (unpaired) electrons. The minimum absolute atomic E-state index is 0.160. The van der Waals surface area contributed by atoms with Gasteiger partial charge in [-0.25, -0.2) is 4.39 Å². The third-order valence-electron chi connectivity index (χ3n) is 4.15. The molecule has 0 aromatic heterocycles. The summed E-state index contributed by atoms with van der Waals surface area (Å²) in [5, 5.41) is 3.30. The zero-order valence-electron chi connectivity index (χ0n) is 11.6. The molecule has 1 saturated carbocycles. The summed E-state index contributed by atoms with van der Waals surface area (Å²) >= 11 is 0. The predicted molar refractivity (Wildman–Crippen MR) is 69.7 cm³/mol. The van der Waals surface area contributed by atoms with Crippen molar-refractivity contribution < 1.29 is 17.6 Å². The summed E-state index contributed by atoms with van der Waals surface area (Å²) in [7, 11) is 0. The first kappa shape index (κ1) is 15.3. The van der Waals surface area contributed by atoms with Crippen LogP contribution in [0.25, 0.3) is 0 Å². The number of benzene rings is 1. The zero-order valence-corrected chi connectivity index (χ0v) is 11.6. The topological polar surface area (TPSA) is 12.0 Å². The smallest absolute Gasteiger partial charge is 0.309 e. The fourth-order valence-corrected chi connectivity index (χ4v) is 2.85. The van der Waals surface area contributed by atoms with E-state index in [-0.39, 0.29) is 5.41 Å². The van der Waals surface area contributed by atoms with Gasteiger partial charge in [-0.2, -0.15) is 13.2 Å². The van der Waals surface area contributed by atoms with Gasteiger partial charge >= 0.3 is 6.18 Å². The van der Waals surface area contributed by atoms with Crippen molar-refractivity contribution in [1.82, 2.24) is 5.32 Å². The molecule has 0 aliphatic heterocycles. The first-order valence-corrected chi connectivity index (χ1v) is 6.79. The molecule has 1 atom stereocenters. The van der Waals surface area contributed by atoms with E-state index >= 15 is 0 Å². The third kappa shape index (κ3) is 3.32. The van der Waals surface area contributed by atoms with E-state index in [0.717, 1.165) is 31.4 Å². The molecule has 0 saturated heterocycles. The van der Waals surface area contributed by atoms with E-state index in [4.69, 9.17) is 0 Å². The lowest BCUT2D eigenvalue weighted by atomic mass is 9.87. The van der Waals surface area contributed by atoms with Gasteiger partial charge < -0.3 is 5.32 Å². The summed E-state index contributed by atoms with van der Waals surface area (Å²) < 4.78 is 51.1. The standard InChI is InChI=1S/C15H19F4N/c1-14(2)7-3-4-13(14)20-9-10-5-6-12(16)11(8-10)15(17,18)19/h5-6,8,13,20H,3-4,7,9H2,1-2H3. The first-order chi connectivity index (χ1) is 9.20. The Morgan fingerprint density at radius 1 is 1.30 bits per heavy atom. The van der Waals surface area contributed by atoms with E-state index in [0.29, 0.717) is 18.2 Å². The van der Waals surface area contributed by atoms with Crippen molar-refractivity contribution in [2.24, 2.45) is 5.41 Å². The highest BCUT2D eigenvalue weighted by molar-refractivity contribution is 5.27. The summed E-state index contributed by atoms with van der Waals surface area (Å²) in [5.74, 6) is -1.22. The van der Waals surface area contributed by atoms with Crippen molar-refractivity contribution in [2.45, 2.75) is 51.9 Å². The molecule has 2 rings (SSSR count). The lowest BCUT2D eigenvalue weighted by Crippen LogP contribution is -2.37. The van der Waals surface area contributed by atoms with Crippen LogP contribution in [0.15, 0.2) is 18.2 Å². The van der Waals surface area contributed by atoms with Crippen LogP contribution in [0.3, 0.4) is 0 Å². The Morgan fingerprint density at radius 2 is 2.00 bits per heavy atom. The lowest BCUT2D eigenvalue weighted by molar-refractivity contribution is -0.140. The van der Waals surface area contributed by atoms with Gasteiger partial charge in [0, 0.05) is 12.6 Å². The number of hydrogen-bond donors (Lipinski definition) is 1. The molecule has 1 aliphatic carbocycles. The van der Waals surface area contributed by atoms with Gasteiger partial charge in [-0.05, 0) is 36.0 Å². The van der Waals surface area contributed by atoms with Crippen molar-refractivity contribution in [3.05, 3.63) is 35.1 Å². The summed E-state index contributed by atoms with van der Waals surface area (Å²) in [6, 6.07) is 3.48. The van der Waals surface area contributed by atoms with Gasteiger partial charge in [0.05, 0.1) is 5.56 Å². The van der Waals surface area contributed by atoms with Crippen molar-refractivity contribution in [1.29, 1.82) is 0 Å². The van der Waals surface area contributed by atoms with E-state index < -0.39 is 17.6 Å². The van der Waals surface area contributed by atoms with E-state index in [1.54, 1.807) is 0 Å². The molecule has 1 N–H and O–H groups in total. The van der Waals surface area contributed by atoms with E-state index in [9.17, 15) is 17.6 Å². The van der Waals surface area contributed by atoms with Crippen LogP contribution in [-0.2, 0) is 12.7 Å². The monoisotopic (exact) mass is 289 g/mol. The van der Waals surface area contributed by atoms with Gasteiger partial charge in [-0.1, -0.05) is 26.3 Å². The third-order valence-corrected chi connectivity index (χ3v) is 4.15. The van der Waals surface area contributed by atoms with Gasteiger partial charge in [-0.15, -0.1) is 0 Å². The number of nitrogens with one attached hydrogen (secondary N) is 1. The minimum atomic E-state index is -4.65. The molecule has 112 valence electrons. The van der Waals surface area contributed by atoms with Gasteiger partial charge in [0.25, 0.3) is 0 Å². The maximum atomic E-state index is 13.2. The highest BCUT2D eigenvalue weighted by atomic mass is 19.4. The van der Waals surface area contributed by atoms with Crippen molar-refractivity contribution in [3.8, 4) is 0 Å². The second kappa shape index (κ2) is 5.35. The number of alkyl halides is 3. The summed E-state index contributed by atoms with van der Waals surface area (Å²) in [4.78, 5) is 0. The molecule has 20 heavy (non-hydrogen) atoms. The summed E-state index contributed by atoms with van der Waals surface area (Å²) in [5.41, 5.74) is -0.573. The molecule has 1 unspecified atom stereocenters. The Hall–Kier alpha value is -1.10. The van der Waals surface area contributed by atoms with Gasteiger partial charge in [0.1, 0.15) is 5.82 Å². The molecule has 1 nitrogen and oxygen atoms in total. The average molecular weight is 289 g/mol. The van der Waals surface area contributed by atoms with Gasteiger partial charge in [-0.3, -0.25) is 0 Å². The van der Waals surface area contributed by atoms with Crippen LogP contribution in [0.1, 0.15) is 44.2 Å². The minimum Gasteiger partial charge on any atom is -0.309 e.